The minimum absolute atomic E-state index is 0.158. The summed E-state index contributed by atoms with van der Waals surface area (Å²) in [5.74, 6) is 0. The molecule has 31 heavy (non-hydrogen) atoms. The van der Waals surface area contributed by atoms with Gasteiger partial charge in [0.25, 0.3) is 0 Å². The van der Waals surface area contributed by atoms with Crippen molar-refractivity contribution in [2.45, 2.75) is 32.6 Å². The van der Waals surface area contributed by atoms with E-state index in [2.05, 4.69) is 10.3 Å². The molecule has 3 aromatic rings. The first-order valence-electron chi connectivity index (χ1n) is 9.67. The van der Waals surface area contributed by atoms with Crippen molar-refractivity contribution >= 4 is 34.6 Å². The summed E-state index contributed by atoms with van der Waals surface area (Å²) in [6, 6.07) is 11.3. The lowest BCUT2D eigenvalue weighted by Gasteiger charge is -2.28. The highest BCUT2D eigenvalue weighted by Gasteiger charge is 2.34. The topological polar surface area (TPSA) is 33.1 Å². The molecule has 4 nitrogen and oxygen atoms in total. The fourth-order valence-electron chi connectivity index (χ4n) is 3.17. The normalized spacial score (nSPS) is 11.4. The largest absolute Gasteiger partial charge is 0.418 e. The zero-order chi connectivity index (χ0) is 22.4. The molecule has 0 aliphatic heterocycles. The molecule has 0 spiro atoms. The van der Waals surface area contributed by atoms with Crippen LogP contribution < -0.4 is 5.32 Å². The van der Waals surface area contributed by atoms with Crippen LogP contribution in [0.5, 0.6) is 0 Å². The predicted molar refractivity (Wildman–Crippen MR) is 121 cm³/mol. The maximum atomic E-state index is 13.4. The van der Waals surface area contributed by atoms with Crippen LogP contribution in [0.15, 0.2) is 61.2 Å². The van der Waals surface area contributed by atoms with Crippen molar-refractivity contribution in [3.8, 4) is 0 Å². The number of imidazole rings is 1. The van der Waals surface area contributed by atoms with Gasteiger partial charge < -0.3 is 14.8 Å². The molecule has 3 rings (SSSR count). The summed E-state index contributed by atoms with van der Waals surface area (Å²) in [6.07, 6.45) is 1.51. The molecule has 1 heterocycles. The van der Waals surface area contributed by atoms with Gasteiger partial charge >= 0.3 is 6.18 Å². The van der Waals surface area contributed by atoms with E-state index in [4.69, 9.17) is 23.8 Å². The van der Waals surface area contributed by atoms with Crippen LogP contribution in [0.3, 0.4) is 0 Å². The summed E-state index contributed by atoms with van der Waals surface area (Å²) in [4.78, 5) is 5.89. The van der Waals surface area contributed by atoms with E-state index in [1.54, 1.807) is 12.5 Å². The summed E-state index contributed by atoms with van der Waals surface area (Å²) >= 11 is 11.5. The standard InChI is InChI=1S/C22H22ClF3N4S/c1-16-5-2-3-6-17(16)14-30(11-4-10-29-12-9-27-15-29)21(31)28-20-13-18(23)7-8-19(20)22(24,25)26/h2-3,5-9,12-13,15H,4,10-11,14H2,1H3,(H,28,31). The molecule has 0 aliphatic carbocycles. The SMILES string of the molecule is Cc1ccccc1CN(CCCn1ccnc1)C(=S)Nc1cc(Cl)ccc1C(F)(F)F. The Bertz CT molecular complexity index is 1020. The smallest absolute Gasteiger partial charge is 0.345 e. The Morgan fingerprint density at radius 3 is 2.68 bits per heavy atom. The van der Waals surface area contributed by atoms with Crippen molar-refractivity contribution < 1.29 is 13.2 Å². The van der Waals surface area contributed by atoms with Crippen LogP contribution in [-0.2, 0) is 19.3 Å². The van der Waals surface area contributed by atoms with Crippen molar-refractivity contribution in [2.24, 2.45) is 0 Å². The van der Waals surface area contributed by atoms with E-state index in [-0.39, 0.29) is 15.8 Å². The number of hydrogen-bond donors (Lipinski definition) is 1. The average Bonchev–Trinajstić information content (AvgIpc) is 3.21. The number of anilines is 1. The van der Waals surface area contributed by atoms with E-state index in [1.807, 2.05) is 46.9 Å². The highest BCUT2D eigenvalue weighted by atomic mass is 35.5. The second-order valence-corrected chi connectivity index (χ2v) is 7.94. The van der Waals surface area contributed by atoms with Crippen LogP contribution >= 0.6 is 23.8 Å². The molecule has 9 heteroatoms. The van der Waals surface area contributed by atoms with Crippen LogP contribution in [0.4, 0.5) is 18.9 Å². The average molecular weight is 467 g/mol. The lowest BCUT2D eigenvalue weighted by atomic mass is 10.1. The molecule has 1 aromatic heterocycles. The molecule has 0 unspecified atom stereocenters. The minimum Gasteiger partial charge on any atom is -0.345 e. The molecule has 2 aromatic carbocycles. The molecule has 0 fully saturated rings. The molecule has 0 radical (unpaired) electrons. The minimum atomic E-state index is -4.52. The number of benzene rings is 2. The molecule has 0 bridgehead atoms. The second kappa shape index (κ2) is 10.2. The molecule has 0 atom stereocenters. The Kier molecular flexibility index (Phi) is 7.56. The number of thiocarbonyl (C=S) groups is 1. The van der Waals surface area contributed by atoms with Gasteiger partial charge in [0.15, 0.2) is 5.11 Å². The highest BCUT2D eigenvalue weighted by Crippen LogP contribution is 2.36. The Balaban J connectivity index is 1.80. The number of rotatable bonds is 7. The zero-order valence-electron chi connectivity index (χ0n) is 16.9. The Morgan fingerprint density at radius 1 is 1.23 bits per heavy atom. The van der Waals surface area contributed by atoms with Crippen molar-refractivity contribution in [3.63, 3.8) is 0 Å². The third-order valence-electron chi connectivity index (χ3n) is 4.84. The molecule has 1 N–H and O–H groups in total. The Morgan fingerprint density at radius 2 is 2.00 bits per heavy atom. The second-order valence-electron chi connectivity index (χ2n) is 7.12. The molecule has 0 aliphatic rings. The third kappa shape index (κ3) is 6.45. The van der Waals surface area contributed by atoms with Gasteiger partial charge in [-0.25, -0.2) is 4.98 Å². The predicted octanol–water partition coefficient (Wildman–Crippen LogP) is 6.15. The number of aryl methyl sites for hydroxylation is 2. The number of alkyl halides is 3. The first-order valence-corrected chi connectivity index (χ1v) is 10.5. The van der Waals surface area contributed by atoms with Gasteiger partial charge in [0.1, 0.15) is 0 Å². The molecule has 0 amide bonds. The van der Waals surface area contributed by atoms with Crippen LogP contribution in [0.25, 0.3) is 0 Å². The summed E-state index contributed by atoms with van der Waals surface area (Å²) < 4.78 is 42.3. The van der Waals surface area contributed by atoms with Gasteiger partial charge in [0.05, 0.1) is 17.6 Å². The van der Waals surface area contributed by atoms with E-state index in [0.29, 0.717) is 13.1 Å². The van der Waals surface area contributed by atoms with E-state index < -0.39 is 11.7 Å². The van der Waals surface area contributed by atoms with Gasteiger partial charge in [-0.05, 0) is 54.9 Å². The third-order valence-corrected chi connectivity index (χ3v) is 5.44. The molecule has 0 saturated carbocycles. The zero-order valence-corrected chi connectivity index (χ0v) is 18.4. The summed E-state index contributed by atoms with van der Waals surface area (Å²) in [6.45, 7) is 3.75. The summed E-state index contributed by atoms with van der Waals surface area (Å²) in [7, 11) is 0. The van der Waals surface area contributed by atoms with Crippen LogP contribution in [0.1, 0.15) is 23.1 Å². The van der Waals surface area contributed by atoms with Gasteiger partial charge in [-0.15, -0.1) is 0 Å². The van der Waals surface area contributed by atoms with E-state index >= 15 is 0 Å². The number of aromatic nitrogens is 2. The first kappa shape index (κ1) is 23.1. The van der Waals surface area contributed by atoms with Crippen LogP contribution in [0, 0.1) is 6.92 Å². The van der Waals surface area contributed by atoms with E-state index in [9.17, 15) is 13.2 Å². The molecule has 0 saturated heterocycles. The molecular weight excluding hydrogens is 445 g/mol. The van der Waals surface area contributed by atoms with E-state index in [1.165, 1.54) is 12.1 Å². The molecule has 164 valence electrons. The number of halogens is 4. The van der Waals surface area contributed by atoms with Gasteiger partial charge in [0.2, 0.25) is 0 Å². The summed E-state index contributed by atoms with van der Waals surface area (Å²) in [5.41, 5.74) is 1.17. The van der Waals surface area contributed by atoms with Crippen LogP contribution in [-0.4, -0.2) is 26.1 Å². The Labute approximate surface area is 189 Å². The van der Waals surface area contributed by atoms with Gasteiger partial charge in [0, 0.05) is 37.1 Å². The van der Waals surface area contributed by atoms with Crippen molar-refractivity contribution in [1.29, 1.82) is 0 Å². The number of nitrogens with zero attached hydrogens (tertiary/aromatic N) is 3. The lowest BCUT2D eigenvalue weighted by Crippen LogP contribution is -2.36. The van der Waals surface area contributed by atoms with Gasteiger partial charge in [-0.2, -0.15) is 13.2 Å². The van der Waals surface area contributed by atoms with Gasteiger partial charge in [-0.3, -0.25) is 0 Å². The maximum Gasteiger partial charge on any atom is 0.418 e. The Hall–Kier alpha value is -2.58. The quantitative estimate of drug-likeness (QED) is 0.423. The fraction of sp³-hybridized carbons (Fsp3) is 0.273. The van der Waals surface area contributed by atoms with Crippen molar-refractivity contribution in [3.05, 3.63) is 82.9 Å². The number of nitrogens with one attached hydrogen (secondary N) is 1. The summed E-state index contributed by atoms with van der Waals surface area (Å²) in [5, 5.41) is 3.18. The molecular formula is C22H22ClF3N4S. The number of hydrogen-bond acceptors (Lipinski definition) is 2. The lowest BCUT2D eigenvalue weighted by molar-refractivity contribution is -0.136. The van der Waals surface area contributed by atoms with Crippen molar-refractivity contribution in [2.75, 3.05) is 11.9 Å². The highest BCUT2D eigenvalue weighted by molar-refractivity contribution is 7.80. The monoisotopic (exact) mass is 466 g/mol. The maximum absolute atomic E-state index is 13.4. The fourth-order valence-corrected chi connectivity index (χ4v) is 3.61. The van der Waals surface area contributed by atoms with E-state index in [0.717, 1.165) is 30.2 Å². The van der Waals surface area contributed by atoms with Crippen molar-refractivity contribution in [1.82, 2.24) is 14.5 Å². The van der Waals surface area contributed by atoms with Gasteiger partial charge in [-0.1, -0.05) is 35.9 Å². The first-order chi connectivity index (χ1) is 14.7. The van der Waals surface area contributed by atoms with Crippen LogP contribution in [0.2, 0.25) is 5.02 Å².